The fourth-order valence-electron chi connectivity index (χ4n) is 2.59. The van der Waals surface area contributed by atoms with E-state index in [1.165, 1.54) is 11.1 Å². The number of nitrogens with one attached hydrogen (secondary N) is 2. The summed E-state index contributed by atoms with van der Waals surface area (Å²) in [6, 6.07) is 6.27. The van der Waals surface area contributed by atoms with Gasteiger partial charge in [-0.15, -0.1) is 0 Å². The van der Waals surface area contributed by atoms with Crippen molar-refractivity contribution in [2.45, 2.75) is 46.8 Å². The Morgan fingerprint density at radius 2 is 2.12 bits per heavy atom. The largest absolute Gasteiger partial charge is 0.491 e. The van der Waals surface area contributed by atoms with E-state index < -0.39 is 0 Å². The van der Waals surface area contributed by atoms with Crippen LogP contribution in [0.25, 0.3) is 0 Å². The standard InChI is InChI=1S/C20H31N5O/c1-6-21-20(22-10-9-17-12-24-25(5)14-17)23-13-18-8-7-16(4)11-19(18)26-15(2)3/h7-8,11-12,14-15H,6,9-10,13H2,1-5H3,(H2,21,22,23). The Morgan fingerprint density at radius 1 is 1.31 bits per heavy atom. The predicted octanol–water partition coefficient (Wildman–Crippen LogP) is 2.81. The van der Waals surface area contributed by atoms with E-state index in [2.05, 4.69) is 47.8 Å². The van der Waals surface area contributed by atoms with Crippen LogP contribution in [0.3, 0.4) is 0 Å². The van der Waals surface area contributed by atoms with Crippen molar-refractivity contribution in [1.29, 1.82) is 0 Å². The van der Waals surface area contributed by atoms with Gasteiger partial charge in [0.05, 0.1) is 18.8 Å². The second kappa shape index (κ2) is 9.85. The Labute approximate surface area is 156 Å². The normalized spacial score (nSPS) is 11.7. The first-order valence-corrected chi connectivity index (χ1v) is 9.23. The summed E-state index contributed by atoms with van der Waals surface area (Å²) in [5, 5.41) is 10.9. The fraction of sp³-hybridized carbons (Fsp3) is 0.500. The van der Waals surface area contributed by atoms with E-state index in [0.29, 0.717) is 6.54 Å². The average molecular weight is 358 g/mol. The summed E-state index contributed by atoms with van der Waals surface area (Å²) in [5.74, 6) is 1.72. The van der Waals surface area contributed by atoms with Gasteiger partial charge in [0.1, 0.15) is 5.75 Å². The molecule has 0 unspecified atom stereocenters. The molecule has 1 aromatic carbocycles. The maximum Gasteiger partial charge on any atom is 0.191 e. The maximum absolute atomic E-state index is 5.94. The van der Waals surface area contributed by atoms with E-state index in [9.17, 15) is 0 Å². The number of aliphatic imine (C=N–C) groups is 1. The first-order valence-electron chi connectivity index (χ1n) is 9.23. The highest BCUT2D eigenvalue weighted by Gasteiger charge is 2.07. The van der Waals surface area contributed by atoms with Crippen molar-refractivity contribution < 1.29 is 4.74 Å². The minimum atomic E-state index is 0.144. The van der Waals surface area contributed by atoms with E-state index in [-0.39, 0.29) is 6.10 Å². The van der Waals surface area contributed by atoms with Crippen LogP contribution in [0, 0.1) is 6.92 Å². The maximum atomic E-state index is 5.94. The summed E-state index contributed by atoms with van der Waals surface area (Å²) < 4.78 is 7.76. The van der Waals surface area contributed by atoms with Crippen LogP contribution < -0.4 is 15.4 Å². The van der Waals surface area contributed by atoms with Crippen molar-refractivity contribution >= 4 is 5.96 Å². The number of benzene rings is 1. The van der Waals surface area contributed by atoms with Gasteiger partial charge in [0.25, 0.3) is 0 Å². The zero-order valence-corrected chi connectivity index (χ0v) is 16.5. The Morgan fingerprint density at radius 3 is 2.77 bits per heavy atom. The van der Waals surface area contributed by atoms with Crippen LogP contribution in [0.5, 0.6) is 5.75 Å². The molecule has 6 nitrogen and oxygen atoms in total. The molecule has 0 spiro atoms. The first kappa shape index (κ1) is 19.8. The third kappa shape index (κ3) is 6.43. The second-order valence-electron chi connectivity index (χ2n) is 6.67. The van der Waals surface area contributed by atoms with Gasteiger partial charge < -0.3 is 15.4 Å². The predicted molar refractivity (Wildman–Crippen MR) is 107 cm³/mol. The van der Waals surface area contributed by atoms with Gasteiger partial charge in [-0.25, -0.2) is 4.99 Å². The Balaban J connectivity index is 1.99. The van der Waals surface area contributed by atoms with Gasteiger partial charge >= 0.3 is 0 Å². The number of rotatable bonds is 8. The molecule has 2 aromatic rings. The summed E-state index contributed by atoms with van der Waals surface area (Å²) in [7, 11) is 1.93. The van der Waals surface area contributed by atoms with Crippen molar-refractivity contribution in [3.63, 3.8) is 0 Å². The number of hydrogen-bond acceptors (Lipinski definition) is 3. The molecular weight excluding hydrogens is 326 g/mol. The van der Waals surface area contributed by atoms with Gasteiger partial charge in [0, 0.05) is 31.9 Å². The number of hydrogen-bond donors (Lipinski definition) is 2. The minimum absolute atomic E-state index is 0.144. The lowest BCUT2D eigenvalue weighted by Gasteiger charge is -2.15. The summed E-state index contributed by atoms with van der Waals surface area (Å²) in [5.41, 5.74) is 3.49. The van der Waals surface area contributed by atoms with Crippen molar-refractivity contribution in [1.82, 2.24) is 20.4 Å². The molecule has 6 heteroatoms. The Bertz CT molecular complexity index is 721. The lowest BCUT2D eigenvalue weighted by molar-refractivity contribution is 0.240. The smallest absolute Gasteiger partial charge is 0.191 e. The first-order chi connectivity index (χ1) is 12.5. The second-order valence-corrected chi connectivity index (χ2v) is 6.67. The molecule has 0 aliphatic rings. The molecule has 0 saturated heterocycles. The highest BCUT2D eigenvalue weighted by Crippen LogP contribution is 2.22. The molecule has 0 fully saturated rings. The van der Waals surface area contributed by atoms with Gasteiger partial charge in [-0.05, 0) is 51.3 Å². The summed E-state index contributed by atoms with van der Waals surface area (Å²) in [6.45, 7) is 10.4. The van der Waals surface area contributed by atoms with Crippen molar-refractivity contribution in [2.24, 2.45) is 12.0 Å². The molecule has 0 aliphatic heterocycles. The Kier molecular flexibility index (Phi) is 7.51. The van der Waals surface area contributed by atoms with Crippen LogP contribution in [-0.4, -0.2) is 34.9 Å². The van der Waals surface area contributed by atoms with Crippen LogP contribution >= 0.6 is 0 Å². The van der Waals surface area contributed by atoms with Crippen LogP contribution in [-0.2, 0) is 20.0 Å². The van der Waals surface area contributed by atoms with Crippen LogP contribution in [0.4, 0.5) is 0 Å². The Hall–Kier alpha value is -2.50. The molecule has 26 heavy (non-hydrogen) atoms. The van der Waals surface area contributed by atoms with E-state index in [0.717, 1.165) is 36.8 Å². The molecule has 2 N–H and O–H groups in total. The topological polar surface area (TPSA) is 63.5 Å². The van der Waals surface area contributed by atoms with Gasteiger partial charge in [-0.2, -0.15) is 5.10 Å². The SMILES string of the molecule is CCNC(=NCc1ccc(C)cc1OC(C)C)NCCc1cnn(C)c1. The third-order valence-corrected chi connectivity index (χ3v) is 3.80. The number of ether oxygens (including phenoxy) is 1. The average Bonchev–Trinajstić information content (AvgIpc) is 2.98. The van der Waals surface area contributed by atoms with E-state index in [1.54, 1.807) is 0 Å². The van der Waals surface area contributed by atoms with Gasteiger partial charge in [-0.1, -0.05) is 12.1 Å². The molecule has 0 bridgehead atoms. The molecule has 1 aromatic heterocycles. The number of aryl methyl sites for hydroxylation is 2. The highest BCUT2D eigenvalue weighted by atomic mass is 16.5. The van der Waals surface area contributed by atoms with Gasteiger partial charge in [-0.3, -0.25) is 4.68 Å². The molecule has 142 valence electrons. The van der Waals surface area contributed by atoms with Crippen molar-refractivity contribution in [3.8, 4) is 5.75 Å². The van der Waals surface area contributed by atoms with Crippen LogP contribution in [0.15, 0.2) is 35.6 Å². The lowest BCUT2D eigenvalue weighted by atomic mass is 10.1. The zero-order chi connectivity index (χ0) is 18.9. The molecular formula is C20H31N5O. The summed E-state index contributed by atoms with van der Waals surface area (Å²) in [4.78, 5) is 4.71. The molecule has 2 rings (SSSR count). The monoisotopic (exact) mass is 357 g/mol. The van der Waals surface area contributed by atoms with Gasteiger partial charge in [0.2, 0.25) is 0 Å². The van der Waals surface area contributed by atoms with E-state index in [1.807, 2.05) is 38.0 Å². The van der Waals surface area contributed by atoms with Crippen molar-refractivity contribution in [3.05, 3.63) is 47.3 Å². The van der Waals surface area contributed by atoms with E-state index >= 15 is 0 Å². The highest BCUT2D eigenvalue weighted by molar-refractivity contribution is 5.79. The third-order valence-electron chi connectivity index (χ3n) is 3.80. The molecule has 0 aliphatic carbocycles. The van der Waals surface area contributed by atoms with Gasteiger partial charge in [0.15, 0.2) is 5.96 Å². The minimum Gasteiger partial charge on any atom is -0.491 e. The molecule has 0 radical (unpaired) electrons. The lowest BCUT2D eigenvalue weighted by Crippen LogP contribution is -2.38. The summed E-state index contributed by atoms with van der Waals surface area (Å²) >= 11 is 0. The number of aromatic nitrogens is 2. The molecule has 0 atom stereocenters. The van der Waals surface area contributed by atoms with E-state index in [4.69, 9.17) is 9.73 Å². The molecule has 0 amide bonds. The number of guanidine groups is 1. The summed E-state index contributed by atoms with van der Waals surface area (Å²) in [6.07, 6.45) is 4.98. The molecule has 0 saturated carbocycles. The quantitative estimate of drug-likeness (QED) is 0.563. The number of nitrogens with zero attached hydrogens (tertiary/aromatic N) is 3. The van der Waals surface area contributed by atoms with Crippen LogP contribution in [0.1, 0.15) is 37.5 Å². The fourth-order valence-corrected chi connectivity index (χ4v) is 2.59. The van der Waals surface area contributed by atoms with Crippen molar-refractivity contribution in [2.75, 3.05) is 13.1 Å². The van der Waals surface area contributed by atoms with Crippen LogP contribution in [0.2, 0.25) is 0 Å². The zero-order valence-electron chi connectivity index (χ0n) is 16.5. The molecule has 1 heterocycles.